The Labute approximate surface area is 144 Å². The lowest BCUT2D eigenvalue weighted by molar-refractivity contribution is -0.140. The number of aryl methyl sites for hydroxylation is 1. The highest BCUT2D eigenvalue weighted by Crippen LogP contribution is 2.12. The first-order valence-corrected chi connectivity index (χ1v) is 8.75. The first-order chi connectivity index (χ1) is 11.4. The maximum Gasteiger partial charge on any atom is 0.239 e. The summed E-state index contributed by atoms with van der Waals surface area (Å²) in [5, 5.41) is 0. The van der Waals surface area contributed by atoms with Crippen LogP contribution >= 0.6 is 0 Å². The molecule has 5 nitrogen and oxygen atoms in total. The van der Waals surface area contributed by atoms with Crippen molar-refractivity contribution in [3.63, 3.8) is 0 Å². The minimum absolute atomic E-state index is 0.00898. The van der Waals surface area contributed by atoms with Gasteiger partial charge in [0.25, 0.3) is 0 Å². The number of carbonyl (C=O) groups is 2. The van der Waals surface area contributed by atoms with E-state index < -0.39 is 6.04 Å². The van der Waals surface area contributed by atoms with E-state index in [0.717, 1.165) is 11.1 Å². The molecule has 1 atom stereocenters. The monoisotopic (exact) mass is 331 g/mol. The Morgan fingerprint density at radius 3 is 2.25 bits per heavy atom. The molecule has 2 N–H and O–H groups in total. The minimum Gasteiger partial charge on any atom is -0.339 e. The summed E-state index contributed by atoms with van der Waals surface area (Å²) in [7, 11) is 0. The summed E-state index contributed by atoms with van der Waals surface area (Å²) in [5.74, 6) is 0.540. The van der Waals surface area contributed by atoms with Crippen molar-refractivity contribution in [2.75, 3.05) is 26.2 Å². The Balaban J connectivity index is 1.85. The van der Waals surface area contributed by atoms with E-state index in [1.807, 2.05) is 36.1 Å². The maximum atomic E-state index is 12.5. The van der Waals surface area contributed by atoms with Crippen LogP contribution in [0.25, 0.3) is 0 Å². The van der Waals surface area contributed by atoms with Gasteiger partial charge < -0.3 is 15.5 Å². The van der Waals surface area contributed by atoms with Gasteiger partial charge in [0.2, 0.25) is 11.8 Å². The predicted octanol–water partition coefficient (Wildman–Crippen LogP) is 1.58. The lowest BCUT2D eigenvalue weighted by Gasteiger charge is -2.36. The average molecular weight is 331 g/mol. The first-order valence-electron chi connectivity index (χ1n) is 8.75. The number of nitrogens with two attached hydrogens (primary N) is 1. The molecule has 5 heteroatoms. The summed E-state index contributed by atoms with van der Waals surface area (Å²) in [6.45, 7) is 8.48. The van der Waals surface area contributed by atoms with E-state index in [4.69, 9.17) is 5.73 Å². The highest BCUT2D eigenvalue weighted by atomic mass is 16.2. The lowest BCUT2D eigenvalue weighted by Crippen LogP contribution is -2.54. The number of rotatable bonds is 5. The number of benzene rings is 1. The third-order valence-electron chi connectivity index (χ3n) is 4.59. The van der Waals surface area contributed by atoms with Crippen molar-refractivity contribution in [2.24, 2.45) is 11.7 Å². The second-order valence-corrected chi connectivity index (χ2v) is 7.05. The molecule has 0 unspecified atom stereocenters. The third kappa shape index (κ3) is 4.81. The molecule has 1 aromatic rings. The van der Waals surface area contributed by atoms with Crippen LogP contribution in [0.2, 0.25) is 0 Å². The van der Waals surface area contributed by atoms with Crippen LogP contribution < -0.4 is 5.73 Å². The molecule has 0 spiro atoms. The summed E-state index contributed by atoms with van der Waals surface area (Å²) in [6.07, 6.45) is 1.12. The van der Waals surface area contributed by atoms with Crippen molar-refractivity contribution in [1.82, 2.24) is 9.80 Å². The number of nitrogens with zero attached hydrogens (tertiary/aromatic N) is 2. The fourth-order valence-electron chi connectivity index (χ4n) is 3.10. The van der Waals surface area contributed by atoms with Gasteiger partial charge in [0.15, 0.2) is 0 Å². The number of hydrogen-bond acceptors (Lipinski definition) is 3. The second kappa shape index (κ2) is 8.29. The molecule has 2 amide bonds. The quantitative estimate of drug-likeness (QED) is 0.891. The van der Waals surface area contributed by atoms with Crippen LogP contribution in [0.3, 0.4) is 0 Å². The van der Waals surface area contributed by atoms with Gasteiger partial charge in [-0.3, -0.25) is 9.59 Å². The van der Waals surface area contributed by atoms with Crippen molar-refractivity contribution >= 4 is 11.8 Å². The largest absolute Gasteiger partial charge is 0.339 e. The Morgan fingerprint density at radius 2 is 1.67 bits per heavy atom. The summed E-state index contributed by atoms with van der Waals surface area (Å²) in [5.41, 5.74) is 8.20. The Bertz CT molecular complexity index is 578. The van der Waals surface area contributed by atoms with Gasteiger partial charge in [-0.25, -0.2) is 0 Å². The first kappa shape index (κ1) is 18.5. The molecule has 1 fully saturated rings. The second-order valence-electron chi connectivity index (χ2n) is 7.05. The fourth-order valence-corrected chi connectivity index (χ4v) is 3.10. The van der Waals surface area contributed by atoms with Crippen molar-refractivity contribution in [2.45, 2.75) is 39.7 Å². The van der Waals surface area contributed by atoms with E-state index in [1.165, 1.54) is 0 Å². The van der Waals surface area contributed by atoms with Crippen molar-refractivity contribution < 1.29 is 9.59 Å². The van der Waals surface area contributed by atoms with Crippen molar-refractivity contribution in [3.05, 3.63) is 35.4 Å². The molecule has 0 saturated carbocycles. The van der Waals surface area contributed by atoms with Gasteiger partial charge >= 0.3 is 0 Å². The molecule has 0 bridgehead atoms. The van der Waals surface area contributed by atoms with E-state index in [9.17, 15) is 9.59 Å². The summed E-state index contributed by atoms with van der Waals surface area (Å²) >= 11 is 0. The van der Waals surface area contributed by atoms with Gasteiger partial charge in [0.05, 0.1) is 12.5 Å². The standard InChI is InChI=1S/C19H29N3O2/c1-14(2)12-17(20)19(24)22-10-8-21(9-11-22)18(23)13-16-7-5-4-6-15(16)3/h4-7,14,17H,8-13,20H2,1-3H3/t17-/m0/s1. The molecular weight excluding hydrogens is 302 g/mol. The van der Waals surface area contributed by atoms with Crippen LogP contribution in [-0.4, -0.2) is 53.8 Å². The Morgan fingerprint density at radius 1 is 1.08 bits per heavy atom. The number of carbonyl (C=O) groups excluding carboxylic acids is 2. The molecule has 1 aliphatic rings. The molecule has 1 heterocycles. The van der Waals surface area contributed by atoms with Gasteiger partial charge in [0.1, 0.15) is 0 Å². The van der Waals surface area contributed by atoms with Gasteiger partial charge in [0, 0.05) is 26.2 Å². The fraction of sp³-hybridized carbons (Fsp3) is 0.579. The van der Waals surface area contributed by atoms with E-state index in [-0.39, 0.29) is 11.8 Å². The van der Waals surface area contributed by atoms with Crippen LogP contribution in [0.5, 0.6) is 0 Å². The Kier molecular flexibility index (Phi) is 6.37. The smallest absolute Gasteiger partial charge is 0.239 e. The third-order valence-corrected chi connectivity index (χ3v) is 4.59. The van der Waals surface area contributed by atoms with E-state index in [1.54, 1.807) is 4.90 Å². The summed E-state index contributed by atoms with van der Waals surface area (Å²) < 4.78 is 0. The highest BCUT2D eigenvalue weighted by Gasteiger charge is 2.27. The number of piperazine rings is 1. The topological polar surface area (TPSA) is 66.6 Å². The number of hydrogen-bond donors (Lipinski definition) is 1. The molecule has 24 heavy (non-hydrogen) atoms. The van der Waals surface area contributed by atoms with Crippen LogP contribution in [0.15, 0.2) is 24.3 Å². The molecule has 0 aliphatic carbocycles. The van der Waals surface area contributed by atoms with Gasteiger partial charge in [-0.1, -0.05) is 38.1 Å². The van der Waals surface area contributed by atoms with Crippen LogP contribution in [0.1, 0.15) is 31.4 Å². The zero-order valence-electron chi connectivity index (χ0n) is 15.0. The highest BCUT2D eigenvalue weighted by molar-refractivity contribution is 5.83. The normalized spacial score (nSPS) is 16.4. The summed E-state index contributed by atoms with van der Waals surface area (Å²) in [4.78, 5) is 28.5. The van der Waals surface area contributed by atoms with Crippen LogP contribution in [0, 0.1) is 12.8 Å². The Hall–Kier alpha value is -1.88. The molecule has 0 radical (unpaired) electrons. The minimum atomic E-state index is -0.431. The lowest BCUT2D eigenvalue weighted by atomic mass is 10.0. The van der Waals surface area contributed by atoms with E-state index in [0.29, 0.717) is 44.9 Å². The van der Waals surface area contributed by atoms with Gasteiger partial charge in [-0.2, -0.15) is 0 Å². The van der Waals surface area contributed by atoms with Gasteiger partial charge in [-0.05, 0) is 30.4 Å². The van der Waals surface area contributed by atoms with Crippen LogP contribution in [-0.2, 0) is 16.0 Å². The van der Waals surface area contributed by atoms with Crippen molar-refractivity contribution in [3.8, 4) is 0 Å². The molecule has 2 rings (SSSR count). The predicted molar refractivity (Wildman–Crippen MR) is 95.5 cm³/mol. The zero-order valence-corrected chi connectivity index (χ0v) is 15.0. The molecule has 1 aliphatic heterocycles. The van der Waals surface area contributed by atoms with E-state index >= 15 is 0 Å². The summed E-state index contributed by atoms with van der Waals surface area (Å²) in [6, 6.07) is 7.53. The maximum absolute atomic E-state index is 12.5. The molecule has 0 aromatic heterocycles. The van der Waals surface area contributed by atoms with Crippen molar-refractivity contribution in [1.29, 1.82) is 0 Å². The van der Waals surface area contributed by atoms with Crippen LogP contribution in [0.4, 0.5) is 0 Å². The number of amides is 2. The molecule has 132 valence electrons. The zero-order chi connectivity index (χ0) is 17.7. The molecular formula is C19H29N3O2. The van der Waals surface area contributed by atoms with Gasteiger partial charge in [-0.15, -0.1) is 0 Å². The SMILES string of the molecule is Cc1ccccc1CC(=O)N1CCN(C(=O)[C@@H](N)CC(C)C)CC1. The molecule has 1 aromatic carbocycles. The van der Waals surface area contributed by atoms with E-state index in [2.05, 4.69) is 13.8 Å². The molecule has 1 saturated heterocycles. The average Bonchev–Trinajstić information content (AvgIpc) is 2.55.